The average molecular weight is 481 g/mol. The van der Waals surface area contributed by atoms with E-state index < -0.39 is 5.60 Å². The van der Waals surface area contributed by atoms with E-state index in [0.29, 0.717) is 11.5 Å². The normalized spacial score (nSPS) is 19.7. The highest BCUT2D eigenvalue weighted by atomic mass is 16.6. The summed E-state index contributed by atoms with van der Waals surface area (Å²) in [6.45, 7) is 7.64. The van der Waals surface area contributed by atoms with Crippen LogP contribution in [0.3, 0.4) is 0 Å². The number of anilines is 1. The second kappa shape index (κ2) is 11.3. The molecule has 0 radical (unpaired) electrons. The summed E-state index contributed by atoms with van der Waals surface area (Å²) < 4.78 is 17.6. The van der Waals surface area contributed by atoms with Gasteiger partial charge in [-0.1, -0.05) is 12.1 Å². The van der Waals surface area contributed by atoms with Crippen molar-refractivity contribution >= 4 is 11.7 Å². The van der Waals surface area contributed by atoms with Crippen LogP contribution in [0.25, 0.3) is 0 Å². The van der Waals surface area contributed by atoms with Crippen LogP contribution in [0.4, 0.5) is 5.69 Å². The summed E-state index contributed by atoms with van der Waals surface area (Å²) in [7, 11) is 1.69. The van der Waals surface area contributed by atoms with E-state index in [9.17, 15) is 4.79 Å². The Balaban J connectivity index is 1.61. The van der Waals surface area contributed by atoms with Crippen molar-refractivity contribution in [3.8, 4) is 11.5 Å². The minimum atomic E-state index is -0.532. The highest BCUT2D eigenvalue weighted by molar-refractivity contribution is 5.90. The molecule has 1 saturated heterocycles. The quantitative estimate of drug-likeness (QED) is 0.443. The molecule has 4 rings (SSSR count). The zero-order chi connectivity index (χ0) is 24.8. The first-order valence-corrected chi connectivity index (χ1v) is 13.0. The predicted molar refractivity (Wildman–Crippen MR) is 139 cm³/mol. The van der Waals surface area contributed by atoms with Crippen molar-refractivity contribution in [1.29, 1.82) is 0 Å². The molecule has 2 aromatic carbocycles. The Labute approximate surface area is 209 Å². The fourth-order valence-electron chi connectivity index (χ4n) is 5.05. The van der Waals surface area contributed by atoms with E-state index in [1.54, 1.807) is 13.2 Å². The van der Waals surface area contributed by atoms with Crippen LogP contribution in [0.1, 0.15) is 81.3 Å². The van der Waals surface area contributed by atoms with Gasteiger partial charge in [0.15, 0.2) is 11.5 Å². The molecule has 190 valence electrons. The van der Waals surface area contributed by atoms with E-state index in [0.717, 1.165) is 61.5 Å². The number of benzene rings is 2. The van der Waals surface area contributed by atoms with Gasteiger partial charge >= 0.3 is 5.97 Å². The van der Waals surface area contributed by atoms with Crippen LogP contribution >= 0.6 is 0 Å². The Morgan fingerprint density at radius 2 is 1.83 bits per heavy atom. The maximum absolute atomic E-state index is 12.7. The summed E-state index contributed by atoms with van der Waals surface area (Å²) in [5.74, 6) is 1.68. The van der Waals surface area contributed by atoms with Crippen LogP contribution in [0.2, 0.25) is 0 Å². The average Bonchev–Trinajstić information content (AvgIpc) is 3.35. The molecule has 1 saturated carbocycles. The van der Waals surface area contributed by atoms with Crippen LogP contribution in [-0.4, -0.2) is 37.9 Å². The molecule has 0 aromatic heterocycles. The molecule has 0 bridgehead atoms. The van der Waals surface area contributed by atoms with Gasteiger partial charge in [0.1, 0.15) is 5.60 Å². The van der Waals surface area contributed by atoms with Crippen LogP contribution < -0.4 is 20.1 Å². The van der Waals surface area contributed by atoms with Gasteiger partial charge in [0, 0.05) is 12.2 Å². The number of piperidine rings is 1. The standard InChI is InChI=1S/C29H40N2O4/c1-29(2,3)35-28(32)21-9-7-11-23(17-21)31-27(22-10-8-16-30-19-22)20-14-15-25(33-4)26(18-20)34-24-12-5-6-13-24/h7,9,11,14-15,17-18,22,24,27,30-31H,5-6,8,10,12-13,16,19H2,1-4H3. The molecule has 2 aliphatic rings. The summed E-state index contributed by atoms with van der Waals surface area (Å²) in [5.41, 5.74) is 2.08. The molecule has 6 heteroatoms. The van der Waals surface area contributed by atoms with E-state index >= 15 is 0 Å². The smallest absolute Gasteiger partial charge is 0.338 e. The van der Waals surface area contributed by atoms with Gasteiger partial charge in [-0.05, 0) is 108 Å². The third-order valence-corrected chi connectivity index (χ3v) is 6.77. The number of rotatable bonds is 8. The Morgan fingerprint density at radius 3 is 2.51 bits per heavy atom. The number of hydrogen-bond acceptors (Lipinski definition) is 6. The Morgan fingerprint density at radius 1 is 1.03 bits per heavy atom. The van der Waals surface area contributed by atoms with Gasteiger partial charge in [0.25, 0.3) is 0 Å². The first-order chi connectivity index (χ1) is 16.8. The SMILES string of the molecule is COc1ccc(C(Nc2cccc(C(=O)OC(C)(C)C)c2)C2CCCNC2)cc1OC1CCCC1. The van der Waals surface area contributed by atoms with Crippen LogP contribution in [0, 0.1) is 5.92 Å². The molecule has 2 N–H and O–H groups in total. The molecule has 0 amide bonds. The van der Waals surface area contributed by atoms with E-state index in [1.165, 1.54) is 12.8 Å². The molecular weight excluding hydrogens is 440 g/mol. The second-order valence-corrected chi connectivity index (χ2v) is 10.7. The van der Waals surface area contributed by atoms with Crippen LogP contribution in [0.15, 0.2) is 42.5 Å². The zero-order valence-electron chi connectivity index (χ0n) is 21.6. The first kappa shape index (κ1) is 25.4. The van der Waals surface area contributed by atoms with Crippen LogP contribution in [0.5, 0.6) is 11.5 Å². The first-order valence-electron chi connectivity index (χ1n) is 13.0. The van der Waals surface area contributed by atoms with Gasteiger partial charge in [-0.25, -0.2) is 4.79 Å². The number of carbonyl (C=O) groups is 1. The molecular formula is C29H40N2O4. The lowest BCUT2D eigenvalue weighted by Crippen LogP contribution is -2.36. The summed E-state index contributed by atoms with van der Waals surface area (Å²) in [6.07, 6.45) is 7.16. The molecule has 2 aromatic rings. The molecule has 2 fully saturated rings. The number of nitrogens with one attached hydrogen (secondary N) is 2. The topological polar surface area (TPSA) is 68.8 Å². The second-order valence-electron chi connectivity index (χ2n) is 10.7. The maximum Gasteiger partial charge on any atom is 0.338 e. The number of methoxy groups -OCH3 is 1. The van der Waals surface area contributed by atoms with Gasteiger partial charge in [0.2, 0.25) is 0 Å². The lowest BCUT2D eigenvalue weighted by Gasteiger charge is -2.33. The number of hydrogen-bond donors (Lipinski definition) is 2. The fourth-order valence-corrected chi connectivity index (χ4v) is 5.05. The Bertz CT molecular complexity index is 988. The van der Waals surface area contributed by atoms with Crippen molar-refractivity contribution in [3.05, 3.63) is 53.6 Å². The summed E-state index contributed by atoms with van der Waals surface area (Å²) in [6, 6.07) is 14.0. The minimum absolute atomic E-state index is 0.0634. The van der Waals surface area contributed by atoms with Gasteiger partial charge < -0.3 is 24.8 Å². The number of esters is 1. The molecule has 6 nitrogen and oxygen atoms in total. The van der Waals surface area contributed by atoms with Crippen molar-refractivity contribution in [1.82, 2.24) is 5.32 Å². The fraction of sp³-hybridized carbons (Fsp3) is 0.552. The van der Waals surface area contributed by atoms with E-state index in [1.807, 2.05) is 45.0 Å². The van der Waals surface area contributed by atoms with E-state index in [4.69, 9.17) is 14.2 Å². The third-order valence-electron chi connectivity index (χ3n) is 6.77. The highest BCUT2D eigenvalue weighted by Gasteiger charge is 2.27. The molecule has 35 heavy (non-hydrogen) atoms. The van der Waals surface area contributed by atoms with Crippen molar-refractivity contribution in [2.24, 2.45) is 5.92 Å². The monoisotopic (exact) mass is 480 g/mol. The minimum Gasteiger partial charge on any atom is -0.493 e. The number of ether oxygens (including phenoxy) is 3. The highest BCUT2D eigenvalue weighted by Crippen LogP contribution is 2.38. The molecule has 1 aliphatic carbocycles. The van der Waals surface area contributed by atoms with Crippen LogP contribution in [-0.2, 0) is 4.74 Å². The maximum atomic E-state index is 12.7. The molecule has 2 atom stereocenters. The van der Waals surface area contributed by atoms with E-state index in [-0.39, 0.29) is 18.1 Å². The van der Waals surface area contributed by atoms with Gasteiger partial charge in [-0.15, -0.1) is 0 Å². The molecule has 1 heterocycles. The molecule has 2 unspecified atom stereocenters. The van der Waals surface area contributed by atoms with E-state index in [2.05, 4.69) is 22.8 Å². The lowest BCUT2D eigenvalue weighted by atomic mass is 9.86. The number of carbonyl (C=O) groups excluding carboxylic acids is 1. The molecule has 0 spiro atoms. The van der Waals surface area contributed by atoms with Crippen molar-refractivity contribution in [3.63, 3.8) is 0 Å². The van der Waals surface area contributed by atoms with Crippen molar-refractivity contribution < 1.29 is 19.0 Å². The van der Waals surface area contributed by atoms with Crippen molar-refractivity contribution in [2.45, 2.75) is 77.0 Å². The lowest BCUT2D eigenvalue weighted by molar-refractivity contribution is 0.00695. The zero-order valence-corrected chi connectivity index (χ0v) is 21.6. The third kappa shape index (κ3) is 6.91. The Hall–Kier alpha value is -2.73. The Kier molecular flexibility index (Phi) is 8.22. The van der Waals surface area contributed by atoms with Gasteiger partial charge in [-0.3, -0.25) is 0 Å². The van der Waals surface area contributed by atoms with Crippen molar-refractivity contribution in [2.75, 3.05) is 25.5 Å². The predicted octanol–water partition coefficient (Wildman–Crippen LogP) is 6.12. The van der Waals surface area contributed by atoms with Gasteiger partial charge in [0.05, 0.1) is 24.8 Å². The summed E-state index contributed by atoms with van der Waals surface area (Å²) in [5, 5.41) is 7.29. The van der Waals surface area contributed by atoms with Gasteiger partial charge in [-0.2, -0.15) is 0 Å². The summed E-state index contributed by atoms with van der Waals surface area (Å²) >= 11 is 0. The summed E-state index contributed by atoms with van der Waals surface area (Å²) in [4.78, 5) is 12.7. The molecule has 1 aliphatic heterocycles. The largest absolute Gasteiger partial charge is 0.493 e.